The fourth-order valence-electron chi connectivity index (χ4n) is 1.88. The highest BCUT2D eigenvalue weighted by atomic mass is 35.5. The number of imidazole rings is 1. The van der Waals surface area contributed by atoms with Crippen molar-refractivity contribution < 1.29 is 17.9 Å². The summed E-state index contributed by atoms with van der Waals surface area (Å²) in [6.07, 6.45) is -4.53. The van der Waals surface area contributed by atoms with Gasteiger partial charge in [-0.3, -0.25) is 0 Å². The lowest BCUT2D eigenvalue weighted by Gasteiger charge is -2.08. The molecule has 114 valence electrons. The van der Waals surface area contributed by atoms with E-state index in [-0.39, 0.29) is 16.1 Å². The fourth-order valence-corrected chi connectivity index (χ4v) is 2.21. The molecule has 0 fully saturated rings. The Hall–Kier alpha value is -1.92. The van der Waals surface area contributed by atoms with Crippen molar-refractivity contribution in [3.63, 3.8) is 0 Å². The fraction of sp³-hybridized carbons (Fsp3) is 0.0714. The molecule has 8 heteroatoms. The standard InChI is InChI=1S/C14H7Cl2F3N2O/c15-8-2-1-3-11(12(8)16)22-7-4-5-9-10(6-7)21-13(20-9)14(17,18)19/h1-6H,(H,20,21). The zero-order valence-electron chi connectivity index (χ0n) is 10.7. The zero-order chi connectivity index (χ0) is 15.9. The molecule has 0 aliphatic rings. The predicted octanol–water partition coefficient (Wildman–Crippen LogP) is 5.68. The summed E-state index contributed by atoms with van der Waals surface area (Å²) in [7, 11) is 0. The highest BCUT2D eigenvalue weighted by Gasteiger charge is 2.34. The van der Waals surface area contributed by atoms with E-state index >= 15 is 0 Å². The number of halogens is 5. The van der Waals surface area contributed by atoms with Crippen molar-refractivity contribution in [1.82, 2.24) is 9.97 Å². The van der Waals surface area contributed by atoms with Crippen molar-refractivity contribution in [2.45, 2.75) is 6.18 Å². The molecular formula is C14H7Cl2F3N2O. The van der Waals surface area contributed by atoms with E-state index in [9.17, 15) is 13.2 Å². The molecule has 2 aromatic carbocycles. The quantitative estimate of drug-likeness (QED) is 0.648. The number of ether oxygens (including phenoxy) is 1. The van der Waals surface area contributed by atoms with Crippen LogP contribution in [0.15, 0.2) is 36.4 Å². The van der Waals surface area contributed by atoms with Gasteiger partial charge < -0.3 is 9.72 Å². The Labute approximate surface area is 132 Å². The van der Waals surface area contributed by atoms with E-state index in [1.54, 1.807) is 18.2 Å². The molecule has 0 atom stereocenters. The number of aromatic nitrogens is 2. The van der Waals surface area contributed by atoms with Gasteiger partial charge in [-0.15, -0.1) is 0 Å². The smallest absolute Gasteiger partial charge is 0.449 e. The highest BCUT2D eigenvalue weighted by Crippen LogP contribution is 2.35. The van der Waals surface area contributed by atoms with Crippen molar-refractivity contribution >= 4 is 34.2 Å². The Bertz CT molecular complexity index is 846. The first-order valence-corrected chi connectivity index (χ1v) is 6.79. The molecule has 0 aliphatic carbocycles. The average molecular weight is 347 g/mol. The lowest BCUT2D eigenvalue weighted by molar-refractivity contribution is -0.144. The third kappa shape index (κ3) is 2.84. The molecule has 0 aliphatic heterocycles. The van der Waals surface area contributed by atoms with Gasteiger partial charge in [0.15, 0.2) is 0 Å². The Balaban J connectivity index is 1.97. The van der Waals surface area contributed by atoms with Crippen LogP contribution in [0.1, 0.15) is 5.82 Å². The topological polar surface area (TPSA) is 37.9 Å². The van der Waals surface area contributed by atoms with Crippen LogP contribution in [-0.2, 0) is 6.18 Å². The Morgan fingerprint density at radius 3 is 2.59 bits per heavy atom. The Kier molecular flexibility index (Phi) is 3.66. The molecule has 3 aromatic rings. The molecule has 0 radical (unpaired) electrons. The molecule has 0 unspecified atom stereocenters. The van der Waals surface area contributed by atoms with E-state index < -0.39 is 12.0 Å². The van der Waals surface area contributed by atoms with Crippen LogP contribution in [0, 0.1) is 0 Å². The summed E-state index contributed by atoms with van der Waals surface area (Å²) in [5.74, 6) is -0.432. The van der Waals surface area contributed by atoms with Crippen LogP contribution in [0.4, 0.5) is 13.2 Å². The minimum atomic E-state index is -4.53. The van der Waals surface area contributed by atoms with Gasteiger partial charge in [0.25, 0.3) is 0 Å². The zero-order valence-corrected chi connectivity index (χ0v) is 12.2. The lowest BCUT2D eigenvalue weighted by atomic mass is 10.3. The van der Waals surface area contributed by atoms with Gasteiger partial charge in [0.05, 0.1) is 16.1 Å². The van der Waals surface area contributed by atoms with E-state index in [1.807, 2.05) is 0 Å². The van der Waals surface area contributed by atoms with Crippen molar-refractivity contribution in [2.24, 2.45) is 0 Å². The van der Waals surface area contributed by atoms with Crippen LogP contribution in [0.2, 0.25) is 10.0 Å². The van der Waals surface area contributed by atoms with Crippen LogP contribution in [-0.4, -0.2) is 9.97 Å². The van der Waals surface area contributed by atoms with E-state index in [2.05, 4.69) is 9.97 Å². The van der Waals surface area contributed by atoms with Gasteiger partial charge in [0.2, 0.25) is 5.82 Å². The van der Waals surface area contributed by atoms with Gasteiger partial charge in [0.1, 0.15) is 16.5 Å². The molecule has 0 spiro atoms. The maximum Gasteiger partial charge on any atom is 0.449 e. The first kappa shape index (κ1) is 15.0. The predicted molar refractivity (Wildman–Crippen MR) is 77.6 cm³/mol. The normalized spacial score (nSPS) is 11.9. The maximum absolute atomic E-state index is 12.6. The number of hydrogen-bond acceptors (Lipinski definition) is 2. The minimum absolute atomic E-state index is 0.192. The summed E-state index contributed by atoms with van der Waals surface area (Å²) >= 11 is 11.9. The van der Waals surface area contributed by atoms with Crippen molar-refractivity contribution in [3.05, 3.63) is 52.3 Å². The second-order valence-electron chi connectivity index (χ2n) is 4.42. The minimum Gasteiger partial charge on any atom is -0.456 e. The molecular weight excluding hydrogens is 340 g/mol. The molecule has 3 nitrogen and oxygen atoms in total. The van der Waals surface area contributed by atoms with E-state index in [0.717, 1.165) is 0 Å². The highest BCUT2D eigenvalue weighted by molar-refractivity contribution is 6.42. The first-order valence-electron chi connectivity index (χ1n) is 6.03. The third-order valence-electron chi connectivity index (χ3n) is 2.87. The maximum atomic E-state index is 12.6. The molecule has 0 saturated heterocycles. The number of hydrogen-bond donors (Lipinski definition) is 1. The van der Waals surface area contributed by atoms with Crippen LogP contribution in [0.5, 0.6) is 11.5 Å². The van der Waals surface area contributed by atoms with Crippen molar-refractivity contribution in [2.75, 3.05) is 0 Å². The number of nitrogens with one attached hydrogen (secondary N) is 1. The molecule has 0 amide bonds. The Morgan fingerprint density at radius 1 is 1.09 bits per heavy atom. The van der Waals surface area contributed by atoms with Gasteiger partial charge in [-0.2, -0.15) is 13.2 Å². The van der Waals surface area contributed by atoms with Crippen molar-refractivity contribution in [3.8, 4) is 11.5 Å². The molecule has 0 bridgehead atoms. The van der Waals surface area contributed by atoms with E-state index in [4.69, 9.17) is 27.9 Å². The number of nitrogens with zero attached hydrogens (tertiary/aromatic N) is 1. The molecule has 0 saturated carbocycles. The molecule has 22 heavy (non-hydrogen) atoms. The summed E-state index contributed by atoms with van der Waals surface area (Å²) in [4.78, 5) is 5.69. The largest absolute Gasteiger partial charge is 0.456 e. The van der Waals surface area contributed by atoms with Crippen LogP contribution in [0.3, 0.4) is 0 Å². The summed E-state index contributed by atoms with van der Waals surface area (Å²) in [6.45, 7) is 0. The molecule has 1 heterocycles. The van der Waals surface area contributed by atoms with Gasteiger partial charge in [-0.25, -0.2) is 4.98 Å². The molecule has 1 aromatic heterocycles. The van der Waals surface area contributed by atoms with Gasteiger partial charge >= 0.3 is 6.18 Å². The number of aromatic amines is 1. The monoisotopic (exact) mass is 346 g/mol. The number of benzene rings is 2. The lowest BCUT2D eigenvalue weighted by Crippen LogP contribution is -2.06. The first-order chi connectivity index (χ1) is 10.3. The second-order valence-corrected chi connectivity index (χ2v) is 5.20. The van der Waals surface area contributed by atoms with E-state index in [0.29, 0.717) is 16.5 Å². The molecule has 1 N–H and O–H groups in total. The summed E-state index contributed by atoms with van der Waals surface area (Å²) in [5.41, 5.74) is 0.403. The second kappa shape index (κ2) is 5.37. The summed E-state index contributed by atoms with van der Waals surface area (Å²) in [6, 6.07) is 9.20. The Morgan fingerprint density at radius 2 is 1.86 bits per heavy atom. The third-order valence-corrected chi connectivity index (χ3v) is 3.67. The number of alkyl halides is 3. The average Bonchev–Trinajstić information content (AvgIpc) is 2.87. The van der Waals surface area contributed by atoms with Gasteiger partial charge in [-0.1, -0.05) is 29.3 Å². The van der Waals surface area contributed by atoms with Crippen molar-refractivity contribution in [1.29, 1.82) is 0 Å². The van der Waals surface area contributed by atoms with Gasteiger partial charge in [-0.05, 0) is 24.3 Å². The number of fused-ring (bicyclic) bond motifs is 1. The van der Waals surface area contributed by atoms with Crippen LogP contribution >= 0.6 is 23.2 Å². The number of rotatable bonds is 2. The SMILES string of the molecule is FC(F)(F)c1nc2ccc(Oc3cccc(Cl)c3Cl)cc2[nH]1. The summed E-state index contributed by atoms with van der Waals surface area (Å²) in [5, 5.41) is 0.547. The van der Waals surface area contributed by atoms with E-state index in [1.165, 1.54) is 18.2 Å². The summed E-state index contributed by atoms with van der Waals surface area (Å²) < 4.78 is 43.4. The van der Waals surface area contributed by atoms with Crippen LogP contribution in [0.25, 0.3) is 11.0 Å². The van der Waals surface area contributed by atoms with Gasteiger partial charge in [0, 0.05) is 6.07 Å². The number of H-pyrrole nitrogens is 1. The van der Waals surface area contributed by atoms with Crippen LogP contribution < -0.4 is 4.74 Å². The molecule has 3 rings (SSSR count).